The fraction of sp³-hybridized carbons (Fsp3) is 0.467. The first-order chi connectivity index (χ1) is 10.2. The van der Waals surface area contributed by atoms with E-state index in [1.807, 2.05) is 13.8 Å². The van der Waals surface area contributed by atoms with E-state index in [0.717, 1.165) is 17.7 Å². The summed E-state index contributed by atoms with van der Waals surface area (Å²) in [5.41, 5.74) is -0.127. The highest BCUT2D eigenvalue weighted by atomic mass is 19.4. The van der Waals surface area contributed by atoms with Crippen LogP contribution < -0.4 is 5.32 Å². The zero-order valence-corrected chi connectivity index (χ0v) is 12.7. The molecule has 0 spiro atoms. The molecule has 2 rings (SSSR count). The second kappa shape index (κ2) is 6.08. The molecule has 1 aromatic heterocycles. The van der Waals surface area contributed by atoms with E-state index in [2.05, 4.69) is 15.5 Å². The van der Waals surface area contributed by atoms with E-state index in [4.69, 9.17) is 4.42 Å². The molecule has 0 aliphatic rings. The van der Waals surface area contributed by atoms with Gasteiger partial charge in [0, 0.05) is 12.5 Å². The lowest BCUT2D eigenvalue weighted by molar-refractivity contribution is -0.137. The molecular weight excluding hydrogens is 295 g/mol. The lowest BCUT2D eigenvalue weighted by atomic mass is 9.94. The predicted molar refractivity (Wildman–Crippen MR) is 75.1 cm³/mol. The Bertz CT molecular complexity index is 618. The maximum Gasteiger partial charge on any atom is 0.416 e. The van der Waals surface area contributed by atoms with Gasteiger partial charge in [-0.2, -0.15) is 13.2 Å². The largest absolute Gasteiger partial charge is 0.424 e. The van der Waals surface area contributed by atoms with Crippen molar-refractivity contribution in [2.75, 3.05) is 0 Å². The van der Waals surface area contributed by atoms with Crippen molar-refractivity contribution in [1.82, 2.24) is 15.5 Å². The fourth-order valence-electron chi connectivity index (χ4n) is 2.11. The Balaban J connectivity index is 1.96. The number of aryl methyl sites for hydroxylation is 1. The van der Waals surface area contributed by atoms with Crippen LogP contribution in [0.1, 0.15) is 36.8 Å². The smallest absolute Gasteiger partial charge is 0.416 e. The van der Waals surface area contributed by atoms with Crippen molar-refractivity contribution in [1.29, 1.82) is 0 Å². The Morgan fingerprint density at radius 3 is 2.23 bits per heavy atom. The van der Waals surface area contributed by atoms with Crippen molar-refractivity contribution < 1.29 is 17.6 Å². The summed E-state index contributed by atoms with van der Waals surface area (Å²) in [4.78, 5) is 0. The van der Waals surface area contributed by atoms with Crippen LogP contribution in [0, 0.1) is 6.92 Å². The Labute approximate surface area is 126 Å². The first-order valence-corrected chi connectivity index (χ1v) is 6.86. The number of rotatable bonds is 5. The summed E-state index contributed by atoms with van der Waals surface area (Å²) < 4.78 is 42.9. The van der Waals surface area contributed by atoms with E-state index in [1.54, 1.807) is 6.92 Å². The summed E-state index contributed by atoms with van der Waals surface area (Å²) in [5.74, 6) is 0.982. The highest BCUT2D eigenvalue weighted by molar-refractivity contribution is 5.25. The van der Waals surface area contributed by atoms with Crippen LogP contribution in [0.15, 0.2) is 28.7 Å². The number of nitrogens with zero attached hydrogens (tertiary/aromatic N) is 2. The van der Waals surface area contributed by atoms with E-state index in [9.17, 15) is 13.2 Å². The monoisotopic (exact) mass is 313 g/mol. The van der Waals surface area contributed by atoms with Gasteiger partial charge >= 0.3 is 6.18 Å². The average Bonchev–Trinajstić information content (AvgIpc) is 2.82. The number of nitrogens with one attached hydrogen (secondary N) is 1. The van der Waals surface area contributed by atoms with Crippen LogP contribution >= 0.6 is 0 Å². The average molecular weight is 313 g/mol. The van der Waals surface area contributed by atoms with Crippen molar-refractivity contribution in [3.8, 4) is 0 Å². The summed E-state index contributed by atoms with van der Waals surface area (Å²) in [6, 6.07) is 5.21. The molecule has 4 nitrogen and oxygen atoms in total. The third kappa shape index (κ3) is 4.56. The van der Waals surface area contributed by atoms with Gasteiger partial charge < -0.3 is 9.73 Å². The van der Waals surface area contributed by atoms with Crippen LogP contribution in [0.3, 0.4) is 0 Å². The first kappa shape index (κ1) is 16.5. The van der Waals surface area contributed by atoms with Gasteiger partial charge in [0.05, 0.1) is 12.1 Å². The maximum atomic E-state index is 12.5. The third-order valence-electron chi connectivity index (χ3n) is 3.21. The van der Waals surface area contributed by atoms with E-state index in [0.29, 0.717) is 24.7 Å². The van der Waals surface area contributed by atoms with E-state index in [1.165, 1.54) is 12.1 Å². The van der Waals surface area contributed by atoms with Crippen LogP contribution in [0.4, 0.5) is 13.2 Å². The number of alkyl halides is 3. The van der Waals surface area contributed by atoms with Crippen molar-refractivity contribution in [3.05, 3.63) is 47.2 Å². The van der Waals surface area contributed by atoms with Crippen LogP contribution in [0.25, 0.3) is 0 Å². The Morgan fingerprint density at radius 1 is 1.09 bits per heavy atom. The van der Waals surface area contributed by atoms with Crippen molar-refractivity contribution in [2.24, 2.45) is 0 Å². The normalized spacial score (nSPS) is 12.6. The second-order valence-corrected chi connectivity index (χ2v) is 5.82. The summed E-state index contributed by atoms with van der Waals surface area (Å²) in [7, 11) is 0. The minimum Gasteiger partial charge on any atom is -0.424 e. The molecule has 22 heavy (non-hydrogen) atoms. The lowest BCUT2D eigenvalue weighted by Gasteiger charge is -2.26. The SMILES string of the molecule is Cc1nnc(CNC(C)(C)Cc2ccc(C(F)(F)F)cc2)o1. The Kier molecular flexibility index (Phi) is 4.55. The van der Waals surface area contributed by atoms with E-state index < -0.39 is 11.7 Å². The van der Waals surface area contributed by atoms with Crippen LogP contribution in [0.5, 0.6) is 0 Å². The number of aromatic nitrogens is 2. The molecule has 0 saturated carbocycles. The topological polar surface area (TPSA) is 51.0 Å². The lowest BCUT2D eigenvalue weighted by Crippen LogP contribution is -2.40. The molecule has 0 fully saturated rings. The maximum absolute atomic E-state index is 12.5. The fourth-order valence-corrected chi connectivity index (χ4v) is 2.11. The van der Waals surface area contributed by atoms with Crippen LogP contribution in [-0.4, -0.2) is 15.7 Å². The van der Waals surface area contributed by atoms with E-state index >= 15 is 0 Å². The predicted octanol–water partition coefficient (Wildman–Crippen LogP) is 3.51. The first-order valence-electron chi connectivity index (χ1n) is 6.86. The summed E-state index contributed by atoms with van der Waals surface area (Å²) in [5, 5.41) is 10.9. The molecule has 0 amide bonds. The molecule has 1 N–H and O–H groups in total. The van der Waals surface area contributed by atoms with Gasteiger partial charge in [0.25, 0.3) is 0 Å². The minimum atomic E-state index is -4.30. The number of halogens is 3. The van der Waals surface area contributed by atoms with Gasteiger partial charge in [-0.3, -0.25) is 0 Å². The molecule has 0 aliphatic heterocycles. The van der Waals surface area contributed by atoms with Gasteiger partial charge in [-0.05, 0) is 38.0 Å². The highest BCUT2D eigenvalue weighted by Gasteiger charge is 2.30. The Morgan fingerprint density at radius 2 is 1.73 bits per heavy atom. The standard InChI is InChI=1S/C15H18F3N3O/c1-10-20-21-13(22-10)9-19-14(2,3)8-11-4-6-12(7-5-11)15(16,17)18/h4-7,19H,8-9H2,1-3H3. The van der Waals surface area contributed by atoms with Gasteiger partial charge in [-0.1, -0.05) is 12.1 Å². The van der Waals surface area contributed by atoms with E-state index in [-0.39, 0.29) is 5.54 Å². The van der Waals surface area contributed by atoms with Crippen molar-refractivity contribution in [3.63, 3.8) is 0 Å². The molecule has 0 radical (unpaired) electrons. The summed E-state index contributed by atoms with van der Waals surface area (Å²) in [6.07, 6.45) is -3.72. The summed E-state index contributed by atoms with van der Waals surface area (Å²) in [6.45, 7) is 6.06. The van der Waals surface area contributed by atoms with Crippen LogP contribution in [0.2, 0.25) is 0 Å². The molecule has 0 saturated heterocycles. The molecule has 1 aromatic carbocycles. The molecule has 0 aliphatic carbocycles. The quantitative estimate of drug-likeness (QED) is 0.918. The summed E-state index contributed by atoms with van der Waals surface area (Å²) >= 11 is 0. The van der Waals surface area contributed by atoms with Gasteiger partial charge in [-0.25, -0.2) is 0 Å². The number of hydrogen-bond donors (Lipinski definition) is 1. The Hall–Kier alpha value is -1.89. The van der Waals surface area contributed by atoms with Gasteiger partial charge in [0.1, 0.15) is 0 Å². The molecule has 0 unspecified atom stereocenters. The van der Waals surface area contributed by atoms with Crippen LogP contribution in [-0.2, 0) is 19.1 Å². The highest BCUT2D eigenvalue weighted by Crippen LogP contribution is 2.29. The zero-order chi connectivity index (χ0) is 16.4. The number of benzene rings is 1. The molecular formula is C15H18F3N3O. The minimum absolute atomic E-state index is 0.317. The van der Waals surface area contributed by atoms with Crippen molar-refractivity contribution in [2.45, 2.75) is 45.5 Å². The van der Waals surface area contributed by atoms with Gasteiger partial charge in [0.2, 0.25) is 11.8 Å². The van der Waals surface area contributed by atoms with Gasteiger partial charge in [-0.15, -0.1) is 10.2 Å². The molecule has 0 bridgehead atoms. The van der Waals surface area contributed by atoms with Crippen molar-refractivity contribution >= 4 is 0 Å². The molecule has 0 atom stereocenters. The third-order valence-corrected chi connectivity index (χ3v) is 3.21. The molecule has 7 heteroatoms. The zero-order valence-electron chi connectivity index (χ0n) is 12.7. The molecule has 2 aromatic rings. The molecule has 120 valence electrons. The van der Waals surface area contributed by atoms with Gasteiger partial charge in [0.15, 0.2) is 0 Å². The second-order valence-electron chi connectivity index (χ2n) is 5.82. The number of hydrogen-bond acceptors (Lipinski definition) is 4. The molecule has 1 heterocycles.